The quantitative estimate of drug-likeness (QED) is 0.733. The molecule has 4 heteroatoms. The van der Waals surface area contributed by atoms with E-state index in [1.807, 2.05) is 12.1 Å². The summed E-state index contributed by atoms with van der Waals surface area (Å²) in [5.41, 5.74) is 4.63. The summed E-state index contributed by atoms with van der Waals surface area (Å²) in [7, 11) is 0. The standard InChI is InChI=1S/C19H24N2O2/c1-3-5-8-12(4-2)17-18-14(11-16(21-17)19(22)23)13-9-6-7-10-15(13)20-18/h6-10,16-17,20-21H,3-5,11H2,1-2H3,(H,22,23)/b12-8+/t16-,17+/m0/s1. The number of nitrogens with one attached hydrogen (secondary N) is 2. The van der Waals surface area contributed by atoms with Crippen molar-refractivity contribution in [2.24, 2.45) is 0 Å². The third-order valence-corrected chi connectivity index (χ3v) is 4.68. The zero-order valence-electron chi connectivity index (χ0n) is 13.7. The van der Waals surface area contributed by atoms with Crippen molar-refractivity contribution in [1.29, 1.82) is 0 Å². The van der Waals surface area contributed by atoms with Crippen LogP contribution in [0, 0.1) is 0 Å². The number of H-pyrrole nitrogens is 1. The number of carboxylic acids is 1. The van der Waals surface area contributed by atoms with Gasteiger partial charge in [-0.15, -0.1) is 0 Å². The summed E-state index contributed by atoms with van der Waals surface area (Å²) in [6.45, 7) is 4.29. The zero-order valence-corrected chi connectivity index (χ0v) is 13.7. The maximum Gasteiger partial charge on any atom is 0.321 e. The molecule has 0 unspecified atom stereocenters. The molecule has 122 valence electrons. The van der Waals surface area contributed by atoms with Crippen LogP contribution < -0.4 is 5.32 Å². The number of carboxylic acid groups (broad SMARTS) is 1. The van der Waals surface area contributed by atoms with Crippen LogP contribution >= 0.6 is 0 Å². The fourth-order valence-electron chi connectivity index (χ4n) is 3.48. The van der Waals surface area contributed by atoms with Gasteiger partial charge in [0.1, 0.15) is 6.04 Å². The Balaban J connectivity index is 2.11. The Bertz CT molecular complexity index is 745. The summed E-state index contributed by atoms with van der Waals surface area (Å²) < 4.78 is 0. The molecule has 3 rings (SSSR count). The summed E-state index contributed by atoms with van der Waals surface area (Å²) >= 11 is 0. The molecule has 4 nitrogen and oxygen atoms in total. The minimum Gasteiger partial charge on any atom is -0.480 e. The number of para-hydroxylation sites is 1. The SMILES string of the molecule is CCC/C=C(\CC)[C@H]1N[C@H](C(=O)O)Cc2c1[nH]c1ccccc21. The fraction of sp³-hybridized carbons (Fsp3) is 0.421. The lowest BCUT2D eigenvalue weighted by atomic mass is 9.89. The van der Waals surface area contributed by atoms with Crippen LogP contribution in [0.5, 0.6) is 0 Å². The molecule has 3 N–H and O–H groups in total. The summed E-state index contributed by atoms with van der Waals surface area (Å²) in [6, 6.07) is 7.58. The molecule has 2 heterocycles. The molecular weight excluding hydrogens is 288 g/mol. The molecule has 2 aromatic rings. The lowest BCUT2D eigenvalue weighted by Gasteiger charge is -2.31. The molecule has 0 saturated heterocycles. The molecule has 2 atom stereocenters. The van der Waals surface area contributed by atoms with Gasteiger partial charge in [-0.25, -0.2) is 0 Å². The number of unbranched alkanes of at least 4 members (excludes halogenated alkanes) is 1. The van der Waals surface area contributed by atoms with Gasteiger partial charge >= 0.3 is 5.97 Å². The molecule has 0 radical (unpaired) electrons. The monoisotopic (exact) mass is 312 g/mol. The van der Waals surface area contributed by atoms with E-state index in [2.05, 4.69) is 42.4 Å². The highest BCUT2D eigenvalue weighted by Crippen LogP contribution is 2.36. The van der Waals surface area contributed by atoms with E-state index < -0.39 is 12.0 Å². The first-order valence-corrected chi connectivity index (χ1v) is 8.42. The Kier molecular flexibility index (Phi) is 4.53. The third-order valence-electron chi connectivity index (χ3n) is 4.68. The molecule has 0 aliphatic carbocycles. The summed E-state index contributed by atoms with van der Waals surface area (Å²) in [6.07, 6.45) is 5.82. The van der Waals surface area contributed by atoms with Gasteiger partial charge in [0.15, 0.2) is 0 Å². The highest BCUT2D eigenvalue weighted by Gasteiger charge is 2.34. The predicted octanol–water partition coefficient (Wildman–Crippen LogP) is 3.94. The van der Waals surface area contributed by atoms with Crippen LogP contribution in [0.25, 0.3) is 10.9 Å². The van der Waals surface area contributed by atoms with Gasteiger partial charge in [-0.3, -0.25) is 10.1 Å². The zero-order chi connectivity index (χ0) is 16.4. The molecule has 0 bridgehead atoms. The molecule has 23 heavy (non-hydrogen) atoms. The van der Waals surface area contributed by atoms with Crippen molar-refractivity contribution in [2.75, 3.05) is 0 Å². The van der Waals surface area contributed by atoms with Crippen LogP contribution in [-0.2, 0) is 11.2 Å². The first kappa shape index (κ1) is 15.8. The first-order chi connectivity index (χ1) is 11.2. The van der Waals surface area contributed by atoms with Gasteiger partial charge in [0.2, 0.25) is 0 Å². The Morgan fingerprint density at radius 1 is 1.35 bits per heavy atom. The van der Waals surface area contributed by atoms with Crippen molar-refractivity contribution in [2.45, 2.75) is 51.6 Å². The minimum absolute atomic E-state index is 0.0381. The van der Waals surface area contributed by atoms with Gasteiger partial charge in [0.25, 0.3) is 0 Å². The van der Waals surface area contributed by atoms with Gasteiger partial charge < -0.3 is 10.1 Å². The number of fused-ring (bicyclic) bond motifs is 3. The molecule has 1 aliphatic heterocycles. The smallest absolute Gasteiger partial charge is 0.321 e. The van der Waals surface area contributed by atoms with E-state index in [9.17, 15) is 9.90 Å². The molecule has 0 spiro atoms. The van der Waals surface area contributed by atoms with Crippen LogP contribution in [0.1, 0.15) is 50.4 Å². The second-order valence-corrected chi connectivity index (χ2v) is 6.18. The number of aromatic nitrogens is 1. The Morgan fingerprint density at radius 3 is 2.83 bits per heavy atom. The molecule has 1 aromatic heterocycles. The van der Waals surface area contributed by atoms with Gasteiger partial charge in [0, 0.05) is 23.0 Å². The lowest BCUT2D eigenvalue weighted by molar-refractivity contribution is -0.139. The van der Waals surface area contributed by atoms with E-state index in [1.54, 1.807) is 0 Å². The van der Waals surface area contributed by atoms with Crippen LogP contribution in [0.2, 0.25) is 0 Å². The maximum absolute atomic E-state index is 11.6. The van der Waals surface area contributed by atoms with Crippen LogP contribution in [0.15, 0.2) is 35.9 Å². The van der Waals surface area contributed by atoms with Crippen molar-refractivity contribution in [3.8, 4) is 0 Å². The lowest BCUT2D eigenvalue weighted by Crippen LogP contribution is -2.45. The molecule has 0 amide bonds. The number of benzene rings is 1. The number of hydrogen-bond acceptors (Lipinski definition) is 2. The maximum atomic E-state index is 11.6. The van der Waals surface area contributed by atoms with Crippen molar-refractivity contribution >= 4 is 16.9 Å². The number of allylic oxidation sites excluding steroid dienone is 1. The normalized spacial score (nSPS) is 21.4. The molecular formula is C19H24N2O2. The summed E-state index contributed by atoms with van der Waals surface area (Å²) in [4.78, 5) is 15.1. The van der Waals surface area contributed by atoms with E-state index in [-0.39, 0.29) is 6.04 Å². The largest absolute Gasteiger partial charge is 0.480 e. The molecule has 0 fully saturated rings. The molecule has 1 aliphatic rings. The highest BCUT2D eigenvalue weighted by molar-refractivity contribution is 5.87. The number of rotatable bonds is 5. The third kappa shape index (κ3) is 2.91. The summed E-state index contributed by atoms with van der Waals surface area (Å²) in [5.74, 6) is -0.781. The van der Waals surface area contributed by atoms with E-state index >= 15 is 0 Å². The topological polar surface area (TPSA) is 65.1 Å². The van der Waals surface area contributed by atoms with Crippen molar-refractivity contribution in [3.05, 3.63) is 47.2 Å². The van der Waals surface area contributed by atoms with Crippen molar-refractivity contribution in [3.63, 3.8) is 0 Å². The Morgan fingerprint density at radius 2 is 2.13 bits per heavy atom. The van der Waals surface area contributed by atoms with E-state index in [0.717, 1.165) is 41.4 Å². The van der Waals surface area contributed by atoms with E-state index in [4.69, 9.17) is 0 Å². The second-order valence-electron chi connectivity index (χ2n) is 6.18. The number of hydrogen-bond donors (Lipinski definition) is 3. The number of carbonyl (C=O) groups is 1. The molecule has 1 aromatic carbocycles. The average molecular weight is 312 g/mol. The fourth-order valence-corrected chi connectivity index (χ4v) is 3.48. The Hall–Kier alpha value is -2.07. The van der Waals surface area contributed by atoms with Gasteiger partial charge in [-0.05, 0) is 24.5 Å². The van der Waals surface area contributed by atoms with Crippen LogP contribution in [0.3, 0.4) is 0 Å². The minimum atomic E-state index is -0.781. The summed E-state index contributed by atoms with van der Waals surface area (Å²) in [5, 5.41) is 14.0. The Labute approximate surface area is 136 Å². The van der Waals surface area contributed by atoms with Gasteiger partial charge in [0.05, 0.1) is 6.04 Å². The van der Waals surface area contributed by atoms with Gasteiger partial charge in [-0.2, -0.15) is 0 Å². The molecule has 0 saturated carbocycles. The van der Waals surface area contributed by atoms with Crippen LogP contribution in [-0.4, -0.2) is 22.1 Å². The predicted molar refractivity (Wildman–Crippen MR) is 92.6 cm³/mol. The van der Waals surface area contributed by atoms with Crippen molar-refractivity contribution in [1.82, 2.24) is 10.3 Å². The number of aromatic amines is 1. The number of aliphatic carboxylic acids is 1. The van der Waals surface area contributed by atoms with Crippen LogP contribution in [0.4, 0.5) is 0 Å². The van der Waals surface area contributed by atoms with E-state index in [1.165, 1.54) is 5.57 Å². The highest BCUT2D eigenvalue weighted by atomic mass is 16.4. The van der Waals surface area contributed by atoms with E-state index in [0.29, 0.717) is 6.42 Å². The second kappa shape index (κ2) is 6.59. The average Bonchev–Trinajstić information content (AvgIpc) is 2.94. The van der Waals surface area contributed by atoms with Gasteiger partial charge in [-0.1, -0.05) is 50.1 Å². The first-order valence-electron chi connectivity index (χ1n) is 8.42. The van der Waals surface area contributed by atoms with Crippen molar-refractivity contribution < 1.29 is 9.90 Å².